The van der Waals surface area contributed by atoms with Crippen LogP contribution in [0.2, 0.25) is 16.6 Å². The molecule has 2 saturated heterocycles. The minimum absolute atomic E-state index is 0.00101. The molecule has 8 amide bonds. The summed E-state index contributed by atoms with van der Waals surface area (Å²) in [5.74, 6) is 7.52. The first-order valence-electron chi connectivity index (χ1n) is 40.2. The van der Waals surface area contributed by atoms with Crippen LogP contribution in [0.3, 0.4) is 0 Å². The molecule has 5 aromatic rings. The highest BCUT2D eigenvalue weighted by Gasteiger charge is 2.46. The number of imide groups is 3. The molecule has 7 heterocycles. The molecule has 2 fully saturated rings. The van der Waals surface area contributed by atoms with E-state index in [2.05, 4.69) is 171 Å². The smallest absolute Gasteiger partial charge is 0.425 e. The molecule has 0 spiro atoms. The summed E-state index contributed by atoms with van der Waals surface area (Å²) in [6.07, 6.45) is 14.0. The van der Waals surface area contributed by atoms with Gasteiger partial charge >= 0.3 is 48.7 Å². The van der Waals surface area contributed by atoms with E-state index in [0.717, 1.165) is 14.2 Å². The number of hydrogen-bond acceptors (Lipinski definition) is 26. The fourth-order valence-corrected chi connectivity index (χ4v) is 18.6. The third-order valence-electron chi connectivity index (χ3n) is 17.6. The number of amides is 8. The number of halogens is 3. The van der Waals surface area contributed by atoms with Gasteiger partial charge in [0, 0.05) is 47.7 Å². The van der Waals surface area contributed by atoms with Crippen molar-refractivity contribution in [3.05, 3.63) is 96.5 Å². The molecular weight excluding hydrogens is 1850 g/mol. The Morgan fingerprint density at radius 1 is 0.435 bits per heavy atom. The molecule has 0 N–H and O–H groups in total. The van der Waals surface area contributed by atoms with Gasteiger partial charge in [0.05, 0.1) is 47.8 Å². The van der Waals surface area contributed by atoms with Crippen molar-refractivity contribution in [2.75, 3.05) is 40.9 Å². The quantitative estimate of drug-likeness (QED) is 0.0572. The zero-order chi connectivity index (χ0) is 94.8. The molecule has 2 aliphatic rings. The molecule has 0 bridgehead atoms. The third kappa shape index (κ3) is 32.1. The molecule has 31 nitrogen and oxygen atoms in total. The fraction of sp³-hybridized carbons (Fsp3) is 0.573. The lowest BCUT2D eigenvalue weighted by molar-refractivity contribution is 0.0173. The van der Waals surface area contributed by atoms with Crippen molar-refractivity contribution >= 4 is 129 Å². The fourth-order valence-electron chi connectivity index (χ4n) is 12.4. The number of hydrogen-bond donors (Lipinski definition) is 0. The average molecular weight is 1970 g/mol. The van der Waals surface area contributed by atoms with Gasteiger partial charge in [-0.3, -0.25) is 9.97 Å². The van der Waals surface area contributed by atoms with Crippen molar-refractivity contribution in [3.8, 4) is 59.5 Å². The lowest BCUT2D eigenvalue weighted by Crippen LogP contribution is -2.46. The lowest BCUT2D eigenvalue weighted by atomic mass is 9.76. The predicted molar refractivity (Wildman–Crippen MR) is 489 cm³/mol. The number of rotatable bonds is 9. The highest BCUT2D eigenvalue weighted by molar-refractivity contribution is 14.1. The first kappa shape index (κ1) is 106. The Labute approximate surface area is 762 Å². The second-order valence-electron chi connectivity index (χ2n) is 38.1. The van der Waals surface area contributed by atoms with E-state index in [0.29, 0.717) is 104 Å². The van der Waals surface area contributed by atoms with Gasteiger partial charge < -0.3 is 47.7 Å². The molecule has 2 aliphatic heterocycles. The Kier molecular flexibility index (Phi) is 36.6. The summed E-state index contributed by atoms with van der Waals surface area (Å²) < 4.78 is 45.1. The predicted octanol–water partition coefficient (Wildman–Crippen LogP) is 20.8. The van der Waals surface area contributed by atoms with E-state index in [4.69, 9.17) is 50.7 Å². The Balaban J connectivity index is 0.000000360. The highest BCUT2D eigenvalue weighted by Crippen LogP contribution is 2.42. The third-order valence-corrected chi connectivity index (χ3v) is 25.3. The largest absolute Gasteiger partial charge is 0.444 e. The lowest BCUT2D eigenvalue weighted by Gasteiger charge is -2.38. The van der Waals surface area contributed by atoms with E-state index in [1.54, 1.807) is 180 Å². The summed E-state index contributed by atoms with van der Waals surface area (Å²) >= 11 is 8.70. The molecule has 0 atom stereocenters. The van der Waals surface area contributed by atoms with Crippen LogP contribution in [0.4, 0.5) is 55.8 Å². The van der Waals surface area contributed by atoms with Crippen LogP contribution in [0.5, 0.6) is 0 Å². The molecule has 0 saturated carbocycles. The zero-order valence-electron chi connectivity index (χ0n) is 77.1. The maximum absolute atomic E-state index is 13.1. The molecule has 124 heavy (non-hydrogen) atoms. The molecule has 0 radical (unpaired) electrons. The Hall–Kier alpha value is -10.1. The van der Waals surface area contributed by atoms with Gasteiger partial charge in [-0.05, 0) is 305 Å². The Bertz CT molecular complexity index is 4810. The van der Waals surface area contributed by atoms with E-state index in [1.807, 2.05) is 32.9 Å². The summed E-state index contributed by atoms with van der Waals surface area (Å²) in [6, 6.07) is 12.1. The van der Waals surface area contributed by atoms with E-state index in [-0.39, 0.29) is 40.6 Å². The second kappa shape index (κ2) is 42.7. The molecule has 0 unspecified atom stereocenters. The van der Waals surface area contributed by atoms with Gasteiger partial charge in [0.1, 0.15) is 72.9 Å². The molecule has 35 heteroatoms. The van der Waals surface area contributed by atoms with Gasteiger partial charge in [-0.2, -0.15) is 25.2 Å². The normalized spacial score (nSPS) is 14.1. The average Bonchev–Trinajstić information content (AvgIpc) is 0.790. The van der Waals surface area contributed by atoms with E-state index < -0.39 is 106 Å². The van der Waals surface area contributed by atoms with Gasteiger partial charge in [0.25, 0.3) is 0 Å². The first-order chi connectivity index (χ1) is 56.7. The SMILES string of the molecule is C#Cc1nc(-c2ccnc(C3(C#N)CCN(C(=O)OC(C)(C)C)CC3)c2)cnc1N(C(=O)OC(C)(C)C)C(=O)OC(C)(C)C.C#Cc1nc(Br)cnc1N(C(=O)OC(C)(C)C)C(=O)OC(C)(C)C.CC(C)(C)OC(=O)N1CCC(C#N)(c2cc(I)ccn2)CC1.CC(C)[Si](C#Cc1nc(Br)cnc1N(C(=O)OC(C)(C)C)C(=O)OC(C)(C)C)(C(C)C)C(C)C. The molecular formula is C89H120Br2IN15O16Si. The highest BCUT2D eigenvalue weighted by atomic mass is 127. The van der Waals surface area contributed by atoms with Crippen LogP contribution in [-0.4, -0.2) is 177 Å². The van der Waals surface area contributed by atoms with Crippen LogP contribution in [0.25, 0.3) is 11.3 Å². The van der Waals surface area contributed by atoms with Crippen molar-refractivity contribution in [1.82, 2.24) is 49.7 Å². The van der Waals surface area contributed by atoms with Crippen LogP contribution >= 0.6 is 54.5 Å². The number of terminal acetylenes is 2. The number of likely N-dealkylation sites (tertiary alicyclic amines) is 2. The maximum Gasteiger partial charge on any atom is 0.425 e. The standard InChI is InChI=1S/C32H40N6O6.C25H40BrN3O4Si.C16H20BrN3O4.C16H20IN3O2/c1-11-22-25(38(27(40)43-30(5,6)7)28(41)44-31(8,9)10)35-19-23(36-22)21-12-15-34-24(18-21)32(20-33)13-16-37(17-14-32)26(39)42-29(2,3)4;1-16(2)34(17(3)4,18(5)6)14-13-19-21(27-15-20(26)28-19)29(22(30)32-24(7,8)9)23(31)33-25(10,11)12;1-8-10-12(18-9-11(17)19-10)20(13(21)23-15(2,3)4)14(22)24-16(5,6)7;1-15(2,3)22-14(21)20-8-5-16(11-18,6-9-20)13-10-12(17)4-7-19-13/h1,12,15,18-19H,13-14,16-17H2,2-10H3;15-18H,1-12H3;1,9H,2-7H3;4,7,10H,5-6,8-9H2,1-3H3. The topological polar surface area (TPSA) is 377 Å². The number of carbonyl (C=O) groups is 8. The van der Waals surface area contributed by atoms with Crippen LogP contribution in [0.15, 0.2) is 64.5 Å². The number of aromatic nitrogens is 8. The Morgan fingerprint density at radius 2 is 0.718 bits per heavy atom. The van der Waals surface area contributed by atoms with Gasteiger partial charge in [-0.25, -0.2) is 68.3 Å². The maximum atomic E-state index is 13.1. The summed E-state index contributed by atoms with van der Waals surface area (Å²) in [4.78, 5) is 142. The summed E-state index contributed by atoms with van der Waals surface area (Å²) in [5.41, 5.74) is -0.737. The summed E-state index contributed by atoms with van der Waals surface area (Å²) in [5, 5.41) is 19.9. The van der Waals surface area contributed by atoms with Gasteiger partial charge in [-0.15, -0.1) is 18.4 Å². The number of piperidine rings is 2. The number of ether oxygens (including phenoxy) is 8. The Morgan fingerprint density at radius 3 is 1.01 bits per heavy atom. The van der Waals surface area contributed by atoms with Crippen LogP contribution in [0, 0.1) is 62.4 Å². The van der Waals surface area contributed by atoms with Crippen molar-refractivity contribution in [2.45, 2.75) is 306 Å². The molecule has 0 aliphatic carbocycles. The van der Waals surface area contributed by atoms with E-state index in [9.17, 15) is 48.9 Å². The minimum Gasteiger partial charge on any atom is -0.444 e. The van der Waals surface area contributed by atoms with E-state index >= 15 is 0 Å². The second-order valence-corrected chi connectivity index (χ2v) is 46.5. The van der Waals surface area contributed by atoms with Gasteiger partial charge in [0.15, 0.2) is 34.5 Å². The number of nitrogens with zero attached hydrogens (tertiary/aromatic N) is 15. The van der Waals surface area contributed by atoms with Crippen molar-refractivity contribution in [1.29, 1.82) is 10.5 Å². The summed E-state index contributed by atoms with van der Waals surface area (Å²) in [6.45, 7) is 56.2. The summed E-state index contributed by atoms with van der Waals surface area (Å²) in [7, 11) is -2.11. The number of pyridine rings is 2. The molecule has 0 aromatic carbocycles. The van der Waals surface area contributed by atoms with Crippen molar-refractivity contribution < 1.29 is 76.3 Å². The molecule has 7 rings (SSSR count). The zero-order valence-corrected chi connectivity index (χ0v) is 83.4. The van der Waals surface area contributed by atoms with Crippen LogP contribution in [-0.2, 0) is 48.7 Å². The van der Waals surface area contributed by atoms with Crippen LogP contribution < -0.4 is 14.7 Å². The molecule has 672 valence electrons. The first-order valence-corrected chi connectivity index (χ1v) is 45.1. The number of anilines is 3. The van der Waals surface area contributed by atoms with Crippen LogP contribution in [0.1, 0.15) is 262 Å². The monoisotopic (exact) mass is 1970 g/mol. The van der Waals surface area contributed by atoms with Gasteiger partial charge in [-0.1, -0.05) is 41.5 Å². The van der Waals surface area contributed by atoms with Crippen molar-refractivity contribution in [2.24, 2.45) is 0 Å². The number of nitriles is 2. The number of carbonyl (C=O) groups excluding carboxylic acids is 8. The van der Waals surface area contributed by atoms with Gasteiger partial charge in [0.2, 0.25) is 0 Å². The molecule has 5 aromatic heterocycles. The van der Waals surface area contributed by atoms with E-state index in [1.165, 1.54) is 18.6 Å². The van der Waals surface area contributed by atoms with Crippen molar-refractivity contribution in [3.63, 3.8) is 0 Å². The minimum atomic E-state index is -2.11.